The SMILES string of the molecule is NC(=O)c1cnc(Nc2ccccc2)cc1NC1CCN(Cc2ccccc2)CC1. The third-order valence-corrected chi connectivity index (χ3v) is 5.41. The van der Waals surface area contributed by atoms with Gasteiger partial charge in [-0.25, -0.2) is 4.98 Å². The molecule has 1 saturated heterocycles. The number of primary amides is 1. The molecule has 0 bridgehead atoms. The Morgan fingerprint density at radius 1 is 1.03 bits per heavy atom. The molecule has 1 aliphatic heterocycles. The summed E-state index contributed by atoms with van der Waals surface area (Å²) in [6.07, 6.45) is 3.56. The van der Waals surface area contributed by atoms with Crippen LogP contribution in [-0.4, -0.2) is 34.9 Å². The molecular weight excluding hydrogens is 374 g/mol. The molecule has 30 heavy (non-hydrogen) atoms. The van der Waals surface area contributed by atoms with Gasteiger partial charge in [0.15, 0.2) is 0 Å². The maximum atomic E-state index is 11.9. The molecule has 6 nitrogen and oxygen atoms in total. The maximum absolute atomic E-state index is 11.9. The Labute approximate surface area is 177 Å². The first-order valence-electron chi connectivity index (χ1n) is 10.3. The highest BCUT2D eigenvalue weighted by molar-refractivity contribution is 5.98. The number of hydrogen-bond donors (Lipinski definition) is 3. The lowest BCUT2D eigenvalue weighted by Crippen LogP contribution is -2.39. The summed E-state index contributed by atoms with van der Waals surface area (Å²) in [6, 6.07) is 22.5. The van der Waals surface area contributed by atoms with Crippen LogP contribution in [0.2, 0.25) is 0 Å². The summed E-state index contributed by atoms with van der Waals surface area (Å²) < 4.78 is 0. The Hall–Kier alpha value is -3.38. The largest absolute Gasteiger partial charge is 0.381 e. The van der Waals surface area contributed by atoms with Crippen LogP contribution in [0.4, 0.5) is 17.2 Å². The summed E-state index contributed by atoms with van der Waals surface area (Å²) in [5.41, 5.74) is 9.01. The van der Waals surface area contributed by atoms with E-state index in [-0.39, 0.29) is 0 Å². The van der Waals surface area contributed by atoms with E-state index in [0.29, 0.717) is 17.4 Å². The Balaban J connectivity index is 1.40. The van der Waals surface area contributed by atoms with Crippen molar-refractivity contribution < 1.29 is 4.79 Å². The van der Waals surface area contributed by atoms with E-state index in [9.17, 15) is 4.79 Å². The molecule has 0 unspecified atom stereocenters. The first kappa shape index (κ1) is 19.9. The number of nitrogens with one attached hydrogen (secondary N) is 2. The van der Waals surface area contributed by atoms with Gasteiger partial charge < -0.3 is 16.4 Å². The number of pyridine rings is 1. The Morgan fingerprint density at radius 2 is 1.70 bits per heavy atom. The fourth-order valence-corrected chi connectivity index (χ4v) is 3.81. The van der Waals surface area contributed by atoms with Gasteiger partial charge in [0.1, 0.15) is 5.82 Å². The summed E-state index contributed by atoms with van der Waals surface area (Å²) in [6.45, 7) is 3.00. The highest BCUT2D eigenvalue weighted by Gasteiger charge is 2.21. The van der Waals surface area contributed by atoms with Crippen LogP contribution in [0, 0.1) is 0 Å². The van der Waals surface area contributed by atoms with Crippen LogP contribution in [0.3, 0.4) is 0 Å². The van der Waals surface area contributed by atoms with Crippen molar-refractivity contribution in [3.63, 3.8) is 0 Å². The zero-order valence-electron chi connectivity index (χ0n) is 16.9. The van der Waals surface area contributed by atoms with Gasteiger partial charge in [-0.15, -0.1) is 0 Å². The lowest BCUT2D eigenvalue weighted by Gasteiger charge is -2.33. The van der Waals surface area contributed by atoms with Crippen LogP contribution in [0.5, 0.6) is 0 Å². The highest BCUT2D eigenvalue weighted by Crippen LogP contribution is 2.24. The maximum Gasteiger partial charge on any atom is 0.252 e. The van der Waals surface area contributed by atoms with E-state index >= 15 is 0 Å². The first-order valence-corrected chi connectivity index (χ1v) is 10.3. The van der Waals surface area contributed by atoms with Crippen molar-refractivity contribution in [1.82, 2.24) is 9.88 Å². The van der Waals surface area contributed by atoms with E-state index in [2.05, 4.69) is 44.8 Å². The molecule has 1 fully saturated rings. The Morgan fingerprint density at radius 3 is 2.37 bits per heavy atom. The molecule has 1 aromatic heterocycles. The molecule has 4 rings (SSSR count). The van der Waals surface area contributed by atoms with E-state index in [1.165, 1.54) is 5.56 Å². The third kappa shape index (κ3) is 5.15. The standard InChI is InChI=1S/C24H27N5O/c25-24(30)21-16-26-23(28-19-9-5-2-6-10-19)15-22(21)27-20-11-13-29(14-12-20)17-18-7-3-1-4-8-18/h1-10,15-16,20H,11-14,17H2,(H2,25,30)(H2,26,27,28). The summed E-state index contributed by atoms with van der Waals surface area (Å²) in [7, 11) is 0. The summed E-state index contributed by atoms with van der Waals surface area (Å²) in [5, 5.41) is 6.80. The Bertz CT molecular complexity index is 969. The van der Waals surface area contributed by atoms with Crippen LogP contribution in [0.1, 0.15) is 28.8 Å². The zero-order valence-corrected chi connectivity index (χ0v) is 16.9. The summed E-state index contributed by atoms with van der Waals surface area (Å²) in [5.74, 6) is 0.202. The third-order valence-electron chi connectivity index (χ3n) is 5.41. The molecule has 4 N–H and O–H groups in total. The van der Waals surface area contributed by atoms with Gasteiger partial charge in [0.2, 0.25) is 0 Å². The van der Waals surface area contributed by atoms with Crippen molar-refractivity contribution in [2.45, 2.75) is 25.4 Å². The molecule has 1 amide bonds. The molecule has 154 valence electrons. The fourth-order valence-electron chi connectivity index (χ4n) is 3.81. The minimum absolute atomic E-state index is 0.294. The summed E-state index contributed by atoms with van der Waals surface area (Å²) >= 11 is 0. The van der Waals surface area contributed by atoms with Crippen LogP contribution in [-0.2, 0) is 6.54 Å². The van der Waals surface area contributed by atoms with E-state index in [4.69, 9.17) is 5.73 Å². The Kier molecular flexibility index (Phi) is 6.25. The molecule has 2 aromatic carbocycles. The lowest BCUT2D eigenvalue weighted by atomic mass is 10.0. The van der Waals surface area contributed by atoms with Gasteiger partial charge in [0.25, 0.3) is 5.91 Å². The van der Waals surface area contributed by atoms with Gasteiger partial charge in [-0.05, 0) is 30.5 Å². The van der Waals surface area contributed by atoms with Gasteiger partial charge in [-0.1, -0.05) is 48.5 Å². The number of hydrogen-bond acceptors (Lipinski definition) is 5. The van der Waals surface area contributed by atoms with Crippen molar-refractivity contribution >= 4 is 23.1 Å². The van der Waals surface area contributed by atoms with Gasteiger partial charge in [0.05, 0.1) is 11.3 Å². The van der Waals surface area contributed by atoms with Crippen molar-refractivity contribution in [2.75, 3.05) is 23.7 Å². The number of para-hydroxylation sites is 1. The number of anilines is 3. The van der Waals surface area contributed by atoms with Gasteiger partial charge in [-0.3, -0.25) is 9.69 Å². The predicted molar refractivity (Wildman–Crippen MR) is 121 cm³/mol. The number of nitrogens with zero attached hydrogens (tertiary/aromatic N) is 2. The molecule has 1 aliphatic rings. The second kappa shape index (κ2) is 9.41. The smallest absolute Gasteiger partial charge is 0.252 e. The number of likely N-dealkylation sites (tertiary alicyclic amines) is 1. The molecule has 0 saturated carbocycles. The lowest BCUT2D eigenvalue weighted by molar-refractivity contribution is 0.100. The van der Waals surface area contributed by atoms with Crippen molar-refractivity contribution in [3.05, 3.63) is 84.1 Å². The molecule has 2 heterocycles. The first-order chi connectivity index (χ1) is 14.7. The quantitative estimate of drug-likeness (QED) is 0.557. The number of rotatable bonds is 7. The van der Waals surface area contributed by atoms with Gasteiger partial charge >= 0.3 is 0 Å². The van der Waals surface area contributed by atoms with E-state index in [0.717, 1.165) is 43.9 Å². The van der Waals surface area contributed by atoms with E-state index < -0.39 is 5.91 Å². The summed E-state index contributed by atoms with van der Waals surface area (Å²) in [4.78, 5) is 18.7. The second-order valence-corrected chi connectivity index (χ2v) is 7.65. The number of carbonyl (C=O) groups excluding carboxylic acids is 1. The fraction of sp³-hybridized carbons (Fsp3) is 0.250. The van der Waals surface area contributed by atoms with Gasteiger partial charge in [-0.2, -0.15) is 0 Å². The number of benzene rings is 2. The van der Waals surface area contributed by atoms with E-state index in [1.54, 1.807) is 6.20 Å². The molecule has 0 spiro atoms. The average molecular weight is 402 g/mol. The molecule has 0 atom stereocenters. The van der Waals surface area contributed by atoms with Crippen molar-refractivity contribution in [1.29, 1.82) is 0 Å². The van der Waals surface area contributed by atoms with Crippen LogP contribution >= 0.6 is 0 Å². The van der Waals surface area contributed by atoms with Gasteiger partial charge in [0, 0.05) is 43.6 Å². The molecular formula is C24H27N5O. The number of amides is 1. The molecule has 0 aliphatic carbocycles. The van der Waals surface area contributed by atoms with Crippen LogP contribution < -0.4 is 16.4 Å². The van der Waals surface area contributed by atoms with Crippen molar-refractivity contribution in [2.24, 2.45) is 5.73 Å². The molecule has 0 radical (unpaired) electrons. The van der Waals surface area contributed by atoms with E-state index in [1.807, 2.05) is 42.5 Å². The molecule has 3 aromatic rings. The van der Waals surface area contributed by atoms with Crippen LogP contribution in [0.25, 0.3) is 0 Å². The number of carbonyl (C=O) groups is 1. The topological polar surface area (TPSA) is 83.3 Å². The predicted octanol–water partition coefficient (Wildman–Crippen LogP) is 4.00. The monoisotopic (exact) mass is 401 g/mol. The van der Waals surface area contributed by atoms with Crippen molar-refractivity contribution in [3.8, 4) is 0 Å². The average Bonchev–Trinajstić information content (AvgIpc) is 2.77. The minimum Gasteiger partial charge on any atom is -0.381 e. The highest BCUT2D eigenvalue weighted by atomic mass is 16.1. The number of aromatic nitrogens is 1. The minimum atomic E-state index is -0.474. The van der Waals surface area contributed by atoms with Crippen LogP contribution in [0.15, 0.2) is 72.9 Å². The zero-order chi connectivity index (χ0) is 20.8. The normalized spacial score (nSPS) is 14.9. The molecule has 6 heteroatoms. The number of nitrogens with two attached hydrogens (primary N) is 1. The number of piperidine rings is 1. The second-order valence-electron chi connectivity index (χ2n) is 7.65.